The van der Waals surface area contributed by atoms with Crippen molar-refractivity contribution in [3.05, 3.63) is 83.3 Å². The number of nitrogens with zero attached hydrogens (tertiary/aromatic N) is 6. The summed E-state index contributed by atoms with van der Waals surface area (Å²) >= 11 is 0. The second-order valence-corrected chi connectivity index (χ2v) is 17.2. The van der Waals surface area contributed by atoms with Crippen LogP contribution in [0.4, 0.5) is 11.5 Å². The van der Waals surface area contributed by atoms with E-state index in [4.69, 9.17) is 14.2 Å². The minimum atomic E-state index is -3.41. The van der Waals surface area contributed by atoms with Crippen LogP contribution in [-0.4, -0.2) is 75.8 Å². The van der Waals surface area contributed by atoms with Crippen LogP contribution in [0.1, 0.15) is 66.1 Å². The second-order valence-electron chi connectivity index (χ2n) is 15.2. The highest BCUT2D eigenvalue weighted by Crippen LogP contribution is 2.47. The molecule has 0 saturated heterocycles. The Morgan fingerprint density at radius 2 is 1.98 bits per heavy atom. The number of carbonyl (C=O) groups is 1. The average Bonchev–Trinajstić information content (AvgIpc) is 3.28. The van der Waals surface area contributed by atoms with Crippen molar-refractivity contribution in [2.24, 2.45) is 22.1 Å². The van der Waals surface area contributed by atoms with Crippen LogP contribution < -0.4 is 19.1 Å². The van der Waals surface area contributed by atoms with Crippen LogP contribution >= 0.6 is 0 Å². The third-order valence-electron chi connectivity index (χ3n) is 11.5. The Morgan fingerprint density at radius 3 is 2.79 bits per heavy atom. The number of fused-ring (bicyclic) bond motifs is 5. The Kier molecular flexibility index (Phi) is 9.56. The highest BCUT2D eigenvalue weighted by Gasteiger charge is 2.44. The summed E-state index contributed by atoms with van der Waals surface area (Å²) < 4.78 is 40.4. The van der Waals surface area contributed by atoms with E-state index in [1.807, 2.05) is 19.1 Å². The van der Waals surface area contributed by atoms with E-state index in [-0.39, 0.29) is 35.0 Å². The first-order valence-corrected chi connectivity index (χ1v) is 20.2. The van der Waals surface area contributed by atoms with Crippen LogP contribution in [0.3, 0.4) is 0 Å². The van der Waals surface area contributed by atoms with Gasteiger partial charge in [0.25, 0.3) is 5.91 Å². The van der Waals surface area contributed by atoms with Gasteiger partial charge in [0, 0.05) is 37.4 Å². The van der Waals surface area contributed by atoms with Crippen molar-refractivity contribution in [1.29, 1.82) is 0 Å². The molecule has 1 amide bonds. The number of amides is 1. The Balaban J connectivity index is 1.22. The topological polar surface area (TPSA) is 141 Å². The van der Waals surface area contributed by atoms with E-state index in [2.05, 4.69) is 71.2 Å². The van der Waals surface area contributed by atoms with Gasteiger partial charge in [0.2, 0.25) is 0 Å². The molecule has 1 saturated carbocycles. The normalized spacial score (nSPS) is 29.1. The van der Waals surface area contributed by atoms with Crippen molar-refractivity contribution in [2.75, 3.05) is 49.3 Å². The zero-order valence-electron chi connectivity index (χ0n) is 30.8. The van der Waals surface area contributed by atoms with Gasteiger partial charge in [0.15, 0.2) is 11.5 Å². The molecule has 0 radical (unpaired) electrons. The molecule has 2 aromatic carbocycles. The molecule has 1 unspecified atom stereocenters. The van der Waals surface area contributed by atoms with Gasteiger partial charge in [0.1, 0.15) is 22.0 Å². The fourth-order valence-corrected chi connectivity index (χ4v) is 10.6. The summed E-state index contributed by atoms with van der Waals surface area (Å²) in [5, 5.41) is 0.433. The molecule has 2 bridgehead atoms. The Labute approximate surface area is 311 Å². The van der Waals surface area contributed by atoms with Crippen molar-refractivity contribution in [3.63, 3.8) is 0 Å². The molecule has 4 heterocycles. The maximum atomic E-state index is 14.9. The third kappa shape index (κ3) is 6.96. The van der Waals surface area contributed by atoms with Crippen LogP contribution in [0.15, 0.2) is 65.4 Å². The Morgan fingerprint density at radius 1 is 1.09 bits per heavy atom. The standard InChI is InChI=1S/C40H47N7O5S/c1-25-10-14-32-27(17-25)8-6-16-40(32)22-47-20-29-11-13-30(29)34(50-3)9-5-7-26(2)21-53(49,46-38(48)28-12-15-35(52-23-40)33(47)18-28)45-37-31-19-41-39(51-4)44-36(31)42-24-43-37/h5,9-10,12,14-15,17-19,24,26,29-30,34H,6-8,11,13,16,20-23H2,1-4H3,(H,41,42,43,44,45,46,48,49)/b9-5+/t26-,29-,30+,34-,40-,53?/m0/s1. The van der Waals surface area contributed by atoms with Gasteiger partial charge >= 0.3 is 6.01 Å². The van der Waals surface area contributed by atoms with Crippen molar-refractivity contribution < 1.29 is 23.2 Å². The molecule has 278 valence electrons. The molecule has 12 nitrogen and oxygen atoms in total. The zero-order chi connectivity index (χ0) is 36.7. The number of hydrogen-bond acceptors (Lipinski definition) is 10. The SMILES string of the molecule is COc1ncc2c(NS3(=O)=NC(=O)c4ccc5c(c4)N(C[C@@H]4CC[C@H]4[C@@H](OC)/C=C/C[C@H](C)C3)C[C@@]3(CCCc4cc(C)ccc43)CO5)ncnc2n1. The van der Waals surface area contributed by atoms with Gasteiger partial charge in [-0.1, -0.05) is 42.8 Å². The molecular weight excluding hydrogens is 691 g/mol. The summed E-state index contributed by atoms with van der Waals surface area (Å²) in [5.74, 6) is 1.17. The number of aryl methyl sites for hydroxylation is 2. The van der Waals surface area contributed by atoms with Crippen LogP contribution in [0.25, 0.3) is 11.0 Å². The minimum Gasteiger partial charge on any atom is -0.490 e. The Hall–Kier alpha value is -4.62. The first-order chi connectivity index (χ1) is 25.7. The number of allylic oxidation sites excluding steroid dienone is 1. The number of aromatic nitrogens is 4. The van der Waals surface area contributed by atoms with E-state index in [1.165, 1.54) is 36.3 Å². The number of ether oxygens (including phenoxy) is 3. The first kappa shape index (κ1) is 35.4. The zero-order valence-corrected chi connectivity index (χ0v) is 31.6. The lowest BCUT2D eigenvalue weighted by atomic mass is 9.68. The monoisotopic (exact) mass is 737 g/mol. The fourth-order valence-electron chi connectivity index (χ4n) is 8.69. The van der Waals surface area contributed by atoms with Gasteiger partial charge in [-0.15, -0.1) is 4.36 Å². The minimum absolute atomic E-state index is 0.0339. The quantitative estimate of drug-likeness (QED) is 0.231. The molecule has 13 heteroatoms. The number of benzene rings is 2. The number of nitrogens with one attached hydrogen (secondary N) is 1. The van der Waals surface area contributed by atoms with E-state index in [1.54, 1.807) is 13.2 Å². The van der Waals surface area contributed by atoms with Gasteiger partial charge < -0.3 is 19.1 Å². The fraction of sp³-hybridized carbons (Fsp3) is 0.475. The largest absolute Gasteiger partial charge is 0.490 e. The molecule has 4 aliphatic rings. The highest BCUT2D eigenvalue weighted by molar-refractivity contribution is 7.95. The van der Waals surface area contributed by atoms with Crippen LogP contribution in [0.5, 0.6) is 11.8 Å². The number of methoxy groups -OCH3 is 2. The molecular formula is C40H47N7O5S. The molecule has 4 aromatic rings. The molecule has 1 N–H and O–H groups in total. The molecule has 53 heavy (non-hydrogen) atoms. The molecule has 6 atom stereocenters. The average molecular weight is 738 g/mol. The number of hydrogen-bond donors (Lipinski definition) is 1. The predicted molar refractivity (Wildman–Crippen MR) is 205 cm³/mol. The van der Waals surface area contributed by atoms with Crippen LogP contribution in [-0.2, 0) is 26.5 Å². The van der Waals surface area contributed by atoms with Gasteiger partial charge in [-0.2, -0.15) is 4.98 Å². The van der Waals surface area contributed by atoms with Gasteiger partial charge in [-0.3, -0.25) is 9.52 Å². The predicted octanol–water partition coefficient (Wildman–Crippen LogP) is 6.48. The molecule has 2 aliphatic heterocycles. The third-order valence-corrected chi connectivity index (χ3v) is 13.5. The van der Waals surface area contributed by atoms with Crippen LogP contribution in [0.2, 0.25) is 0 Å². The molecule has 8 rings (SSSR count). The summed E-state index contributed by atoms with van der Waals surface area (Å²) in [6.45, 7) is 6.30. The molecule has 2 aromatic heterocycles. The van der Waals surface area contributed by atoms with E-state index in [0.29, 0.717) is 41.5 Å². The highest BCUT2D eigenvalue weighted by atomic mass is 32.2. The maximum absolute atomic E-state index is 14.9. The number of anilines is 2. The van der Waals surface area contributed by atoms with E-state index < -0.39 is 15.8 Å². The maximum Gasteiger partial charge on any atom is 0.318 e. The summed E-state index contributed by atoms with van der Waals surface area (Å²) in [6, 6.07) is 12.5. The number of rotatable bonds is 4. The Bertz CT molecular complexity index is 2200. The summed E-state index contributed by atoms with van der Waals surface area (Å²) in [6.07, 6.45) is 13.1. The second kappa shape index (κ2) is 14.3. The van der Waals surface area contributed by atoms with E-state index in [0.717, 1.165) is 56.6 Å². The summed E-state index contributed by atoms with van der Waals surface area (Å²) in [5.41, 5.74) is 5.37. The summed E-state index contributed by atoms with van der Waals surface area (Å²) in [4.78, 5) is 33.7. The van der Waals surface area contributed by atoms with E-state index >= 15 is 0 Å². The van der Waals surface area contributed by atoms with E-state index in [9.17, 15) is 9.00 Å². The van der Waals surface area contributed by atoms with Gasteiger partial charge in [-0.05, 0) is 92.5 Å². The van der Waals surface area contributed by atoms with Gasteiger partial charge in [0.05, 0.1) is 36.6 Å². The van der Waals surface area contributed by atoms with Crippen molar-refractivity contribution in [1.82, 2.24) is 19.9 Å². The lowest BCUT2D eigenvalue weighted by Crippen LogP contribution is -2.49. The van der Waals surface area contributed by atoms with Crippen molar-refractivity contribution >= 4 is 38.4 Å². The molecule has 1 fully saturated rings. The number of carbonyl (C=O) groups excluding carboxylic acids is 1. The first-order valence-electron chi connectivity index (χ1n) is 18.6. The molecule has 2 aliphatic carbocycles. The van der Waals surface area contributed by atoms with Crippen LogP contribution in [0, 0.1) is 24.7 Å². The smallest absolute Gasteiger partial charge is 0.318 e. The molecule has 1 spiro atoms. The lowest BCUT2D eigenvalue weighted by molar-refractivity contribution is 0.0131. The van der Waals surface area contributed by atoms with Crippen molar-refractivity contribution in [3.8, 4) is 11.8 Å². The summed E-state index contributed by atoms with van der Waals surface area (Å²) in [7, 11) is -0.157. The van der Waals surface area contributed by atoms with Gasteiger partial charge in [-0.25, -0.2) is 19.2 Å². The lowest BCUT2D eigenvalue weighted by Gasteiger charge is -2.46. The van der Waals surface area contributed by atoms with Crippen molar-refractivity contribution in [2.45, 2.75) is 63.9 Å².